The monoisotopic (exact) mass is 343 g/mol. The fraction of sp³-hybridized carbons (Fsp3) is 0.267. The quantitative estimate of drug-likeness (QED) is 0.770. The van der Waals surface area contributed by atoms with Crippen molar-refractivity contribution in [3.8, 4) is 10.7 Å². The number of carbonyl (C=O) groups is 1. The van der Waals surface area contributed by atoms with Crippen molar-refractivity contribution in [3.63, 3.8) is 0 Å². The van der Waals surface area contributed by atoms with Crippen LogP contribution >= 0.6 is 22.7 Å². The first-order valence-corrected chi connectivity index (χ1v) is 8.96. The Labute approximate surface area is 140 Å². The number of hydrogen-bond donors (Lipinski definition) is 1. The van der Waals surface area contributed by atoms with Gasteiger partial charge in [-0.3, -0.25) is 9.78 Å². The summed E-state index contributed by atoms with van der Waals surface area (Å²) < 4.78 is 0. The van der Waals surface area contributed by atoms with Gasteiger partial charge in [0.2, 0.25) is 11.0 Å². The highest BCUT2D eigenvalue weighted by Gasteiger charge is 2.27. The fourth-order valence-electron chi connectivity index (χ4n) is 2.10. The number of thiazole rings is 1. The molecule has 0 spiro atoms. The molecule has 1 saturated carbocycles. The van der Waals surface area contributed by atoms with Gasteiger partial charge in [0.05, 0.1) is 17.8 Å². The lowest BCUT2D eigenvalue weighted by atomic mass is 10.3. The van der Waals surface area contributed by atoms with E-state index in [0.29, 0.717) is 11.0 Å². The number of carbonyl (C=O) groups excluding carboxylic acids is 1. The zero-order valence-electron chi connectivity index (χ0n) is 12.1. The minimum absolute atomic E-state index is 0.124. The summed E-state index contributed by atoms with van der Waals surface area (Å²) >= 11 is 2.95. The fourth-order valence-corrected chi connectivity index (χ4v) is 3.83. The normalized spacial score (nSPS) is 13.9. The number of rotatable bonds is 5. The van der Waals surface area contributed by atoms with Crippen LogP contribution in [0.25, 0.3) is 10.7 Å². The van der Waals surface area contributed by atoms with E-state index in [1.807, 2.05) is 23.6 Å². The highest BCUT2D eigenvalue weighted by Crippen LogP contribution is 2.42. The molecule has 0 aliphatic heterocycles. The molecule has 1 fully saturated rings. The Kier molecular flexibility index (Phi) is 3.84. The SMILES string of the molecule is O=C(Cc1csc(-c2ccccn2)n1)Nc1nnc(C2CC2)s1. The van der Waals surface area contributed by atoms with Crippen molar-refractivity contribution in [2.75, 3.05) is 5.32 Å². The number of nitrogens with one attached hydrogen (secondary N) is 1. The number of pyridine rings is 1. The van der Waals surface area contributed by atoms with Crippen LogP contribution in [0.15, 0.2) is 29.8 Å². The highest BCUT2D eigenvalue weighted by atomic mass is 32.1. The van der Waals surface area contributed by atoms with Crippen LogP contribution in [0.1, 0.15) is 29.5 Å². The van der Waals surface area contributed by atoms with Crippen molar-refractivity contribution in [1.29, 1.82) is 0 Å². The summed E-state index contributed by atoms with van der Waals surface area (Å²) in [5.41, 5.74) is 1.56. The predicted octanol–water partition coefficient (Wildman–Crippen LogP) is 3.12. The van der Waals surface area contributed by atoms with Crippen LogP contribution in [0, 0.1) is 0 Å². The summed E-state index contributed by atoms with van der Waals surface area (Å²) in [6, 6.07) is 5.69. The smallest absolute Gasteiger partial charge is 0.232 e. The maximum Gasteiger partial charge on any atom is 0.232 e. The number of anilines is 1. The van der Waals surface area contributed by atoms with Gasteiger partial charge < -0.3 is 5.32 Å². The van der Waals surface area contributed by atoms with Crippen LogP contribution in [0.3, 0.4) is 0 Å². The average Bonchev–Trinajstić information content (AvgIpc) is 3.14. The van der Waals surface area contributed by atoms with Crippen molar-refractivity contribution in [2.24, 2.45) is 0 Å². The maximum absolute atomic E-state index is 12.1. The molecule has 1 aliphatic carbocycles. The number of hydrogen-bond acceptors (Lipinski definition) is 7. The number of nitrogens with zero attached hydrogens (tertiary/aromatic N) is 4. The van der Waals surface area contributed by atoms with E-state index < -0.39 is 0 Å². The van der Waals surface area contributed by atoms with E-state index in [9.17, 15) is 4.79 Å². The topological polar surface area (TPSA) is 80.7 Å². The Morgan fingerprint density at radius 2 is 2.22 bits per heavy atom. The highest BCUT2D eigenvalue weighted by molar-refractivity contribution is 7.15. The zero-order valence-corrected chi connectivity index (χ0v) is 13.7. The van der Waals surface area contributed by atoms with Gasteiger partial charge >= 0.3 is 0 Å². The second kappa shape index (κ2) is 6.13. The Morgan fingerprint density at radius 1 is 1.30 bits per heavy atom. The van der Waals surface area contributed by atoms with Crippen molar-refractivity contribution in [3.05, 3.63) is 40.5 Å². The van der Waals surface area contributed by atoms with Crippen LogP contribution in [0.2, 0.25) is 0 Å². The molecule has 23 heavy (non-hydrogen) atoms. The standard InChI is InChI=1S/C15H13N5OS2/c21-12(18-15-20-19-13(23-15)9-4-5-9)7-10-8-22-14(17-10)11-3-1-2-6-16-11/h1-3,6,8-9H,4-5,7H2,(H,18,20,21). The molecule has 0 saturated heterocycles. The molecular formula is C15H13N5OS2. The molecule has 4 rings (SSSR count). The summed E-state index contributed by atoms with van der Waals surface area (Å²) in [5, 5.41) is 15.2. The molecule has 3 heterocycles. The Hall–Kier alpha value is -2.19. The molecular weight excluding hydrogens is 330 g/mol. The zero-order chi connectivity index (χ0) is 15.6. The molecule has 1 aliphatic rings. The summed E-state index contributed by atoms with van der Waals surface area (Å²) in [4.78, 5) is 20.8. The van der Waals surface area contributed by atoms with Gasteiger partial charge in [-0.1, -0.05) is 17.4 Å². The van der Waals surface area contributed by atoms with Crippen LogP contribution in [0.5, 0.6) is 0 Å². The van der Waals surface area contributed by atoms with Crippen molar-refractivity contribution in [1.82, 2.24) is 20.2 Å². The van der Waals surface area contributed by atoms with Gasteiger partial charge in [-0.15, -0.1) is 21.5 Å². The lowest BCUT2D eigenvalue weighted by Crippen LogP contribution is -2.14. The molecule has 0 atom stereocenters. The van der Waals surface area contributed by atoms with Gasteiger partial charge in [-0.2, -0.15) is 0 Å². The molecule has 3 aromatic rings. The van der Waals surface area contributed by atoms with E-state index in [4.69, 9.17) is 0 Å². The van der Waals surface area contributed by atoms with Gasteiger partial charge in [0.15, 0.2) is 0 Å². The Bertz CT molecular complexity index is 825. The third-order valence-electron chi connectivity index (χ3n) is 3.39. The van der Waals surface area contributed by atoms with Gasteiger partial charge in [0, 0.05) is 17.5 Å². The second-order valence-electron chi connectivity index (χ2n) is 5.30. The Morgan fingerprint density at radius 3 is 3.00 bits per heavy atom. The molecule has 0 bridgehead atoms. The molecule has 116 valence electrons. The minimum Gasteiger partial charge on any atom is -0.300 e. The number of amides is 1. The number of aromatic nitrogens is 4. The van der Waals surface area contributed by atoms with E-state index in [0.717, 1.165) is 21.4 Å². The minimum atomic E-state index is -0.124. The van der Waals surface area contributed by atoms with Crippen LogP contribution in [0.4, 0.5) is 5.13 Å². The summed E-state index contributed by atoms with van der Waals surface area (Å²) in [7, 11) is 0. The van der Waals surface area contributed by atoms with Crippen molar-refractivity contribution >= 4 is 33.7 Å². The van der Waals surface area contributed by atoms with Crippen LogP contribution in [-0.4, -0.2) is 26.1 Å². The largest absolute Gasteiger partial charge is 0.300 e. The van der Waals surface area contributed by atoms with Crippen LogP contribution < -0.4 is 5.32 Å². The molecule has 1 N–H and O–H groups in total. The molecule has 1 amide bonds. The summed E-state index contributed by atoms with van der Waals surface area (Å²) in [5.74, 6) is 0.430. The van der Waals surface area contributed by atoms with Crippen molar-refractivity contribution in [2.45, 2.75) is 25.2 Å². The molecule has 6 nitrogen and oxygen atoms in total. The van der Waals surface area contributed by atoms with Crippen molar-refractivity contribution < 1.29 is 4.79 Å². The van der Waals surface area contributed by atoms with Gasteiger partial charge in [0.25, 0.3) is 0 Å². The lowest BCUT2D eigenvalue weighted by molar-refractivity contribution is -0.115. The first-order chi connectivity index (χ1) is 11.3. The van der Waals surface area contributed by atoms with Gasteiger partial charge in [-0.05, 0) is 25.0 Å². The second-order valence-corrected chi connectivity index (χ2v) is 7.17. The summed E-state index contributed by atoms with van der Waals surface area (Å²) in [6.07, 6.45) is 4.31. The van der Waals surface area contributed by atoms with E-state index in [-0.39, 0.29) is 12.3 Å². The average molecular weight is 343 g/mol. The molecule has 8 heteroatoms. The molecule has 3 aromatic heterocycles. The molecule has 0 unspecified atom stereocenters. The van der Waals surface area contributed by atoms with E-state index >= 15 is 0 Å². The third-order valence-corrected chi connectivity index (χ3v) is 5.31. The van der Waals surface area contributed by atoms with Gasteiger partial charge in [-0.25, -0.2) is 4.98 Å². The van der Waals surface area contributed by atoms with E-state index in [1.54, 1.807) is 6.20 Å². The predicted molar refractivity (Wildman–Crippen MR) is 89.6 cm³/mol. The molecule has 0 radical (unpaired) electrons. The van der Waals surface area contributed by atoms with E-state index in [2.05, 4.69) is 25.5 Å². The first kappa shape index (κ1) is 14.4. The van der Waals surface area contributed by atoms with Gasteiger partial charge in [0.1, 0.15) is 10.0 Å². The Balaban J connectivity index is 1.39. The first-order valence-electron chi connectivity index (χ1n) is 7.27. The molecule has 0 aromatic carbocycles. The maximum atomic E-state index is 12.1. The van der Waals surface area contributed by atoms with E-state index in [1.165, 1.54) is 35.5 Å². The van der Waals surface area contributed by atoms with Crippen LogP contribution in [-0.2, 0) is 11.2 Å². The third kappa shape index (κ3) is 3.43. The summed E-state index contributed by atoms with van der Waals surface area (Å²) in [6.45, 7) is 0. The lowest BCUT2D eigenvalue weighted by Gasteiger charge is -1.98.